The van der Waals surface area contributed by atoms with Gasteiger partial charge in [-0.25, -0.2) is 4.79 Å². The fourth-order valence-electron chi connectivity index (χ4n) is 2.93. The van der Waals surface area contributed by atoms with Crippen LogP contribution in [0.4, 0.5) is 4.79 Å². The first-order chi connectivity index (χ1) is 13.3. The van der Waals surface area contributed by atoms with Crippen molar-refractivity contribution in [3.63, 3.8) is 0 Å². The highest BCUT2D eigenvalue weighted by Gasteiger charge is 2.30. The molecule has 0 spiro atoms. The number of rotatable bonds is 6. The van der Waals surface area contributed by atoms with Gasteiger partial charge in [-0.15, -0.1) is 0 Å². The summed E-state index contributed by atoms with van der Waals surface area (Å²) in [6, 6.07) is 0. The van der Waals surface area contributed by atoms with Crippen LogP contribution in [0, 0.1) is 0 Å². The van der Waals surface area contributed by atoms with Crippen LogP contribution in [-0.2, 0) is 32.0 Å². The summed E-state index contributed by atoms with van der Waals surface area (Å²) in [5.74, 6) is -0.280. The molecule has 1 N–H and O–H groups in total. The van der Waals surface area contributed by atoms with Crippen molar-refractivity contribution in [2.45, 2.75) is 39.3 Å². The number of nitrogens with one attached hydrogen (secondary N) is 1. The Morgan fingerprint density at radius 3 is 2.59 bits per heavy atom. The first-order valence-corrected chi connectivity index (χ1v) is 11.0. The second kappa shape index (κ2) is 8.58. The number of nitrogens with zero attached hydrogens (tertiary/aromatic N) is 2. The van der Waals surface area contributed by atoms with Crippen molar-refractivity contribution >= 4 is 22.1 Å². The number of hydrogen-bond acceptors (Lipinski definition) is 6. The molecule has 0 aromatic carbocycles. The van der Waals surface area contributed by atoms with E-state index in [1.54, 1.807) is 38.9 Å². The number of fused-ring (bicyclic) bond motifs is 1. The summed E-state index contributed by atoms with van der Waals surface area (Å²) in [4.78, 5) is 31.3. The van der Waals surface area contributed by atoms with Crippen LogP contribution in [0.2, 0.25) is 0 Å². The summed E-state index contributed by atoms with van der Waals surface area (Å²) in [5, 5.41) is 0. The molecule has 10 heteroatoms. The molecule has 29 heavy (non-hydrogen) atoms. The number of carbonyl (C=O) groups is 2. The summed E-state index contributed by atoms with van der Waals surface area (Å²) in [7, 11) is -1.98. The van der Waals surface area contributed by atoms with Crippen molar-refractivity contribution in [2.75, 3.05) is 33.0 Å². The Labute approximate surface area is 171 Å². The van der Waals surface area contributed by atoms with E-state index >= 15 is 0 Å². The Morgan fingerprint density at radius 1 is 1.34 bits per heavy atom. The molecule has 0 aliphatic carbocycles. The Morgan fingerprint density at radius 2 is 2.00 bits per heavy atom. The second-order valence-electron chi connectivity index (χ2n) is 8.20. The Bertz CT molecular complexity index is 898. The minimum atomic E-state index is -3.58. The smallest absolute Gasteiger partial charge is 0.410 e. The van der Waals surface area contributed by atoms with Crippen LogP contribution in [0.3, 0.4) is 0 Å². The molecule has 0 saturated carbocycles. The molecule has 2 heterocycles. The molecule has 1 aromatic rings. The highest BCUT2D eigenvalue weighted by Crippen LogP contribution is 2.25. The summed E-state index contributed by atoms with van der Waals surface area (Å²) >= 11 is 0. The predicted octanol–water partition coefficient (Wildman–Crippen LogP) is 1.91. The number of aromatic nitrogens is 1. The van der Waals surface area contributed by atoms with Gasteiger partial charge in [-0.1, -0.05) is 6.58 Å². The van der Waals surface area contributed by atoms with Crippen molar-refractivity contribution in [2.24, 2.45) is 0 Å². The van der Waals surface area contributed by atoms with Gasteiger partial charge in [-0.3, -0.25) is 8.98 Å². The molecule has 0 bridgehead atoms. The zero-order valence-corrected chi connectivity index (χ0v) is 18.4. The fraction of sp³-hybridized carbons (Fsp3) is 0.579. The third-order valence-corrected chi connectivity index (χ3v) is 4.78. The Kier molecular flexibility index (Phi) is 6.79. The topological polar surface area (TPSA) is 109 Å². The van der Waals surface area contributed by atoms with E-state index < -0.39 is 21.8 Å². The molecular formula is C19H29N3O6S. The van der Waals surface area contributed by atoms with Gasteiger partial charge >= 0.3 is 6.09 Å². The standard InChI is InChI=1S/C19H29N3O6S/c1-13(12-27-29(6,25)26)10-21(5)17(23)16-15-11-22(8-7-14(15)9-20-16)18(24)28-19(2,3)4/h9,20H,1,7-8,10-12H2,2-6H3. The highest BCUT2D eigenvalue weighted by molar-refractivity contribution is 7.86. The van der Waals surface area contributed by atoms with Crippen LogP contribution in [0.1, 0.15) is 42.4 Å². The number of carbonyl (C=O) groups excluding carboxylic acids is 2. The first kappa shape index (κ1) is 23.0. The van der Waals surface area contributed by atoms with Crippen molar-refractivity contribution < 1.29 is 26.9 Å². The lowest BCUT2D eigenvalue weighted by molar-refractivity contribution is 0.0223. The van der Waals surface area contributed by atoms with Crippen molar-refractivity contribution in [1.29, 1.82) is 0 Å². The number of likely N-dealkylation sites (N-methyl/N-ethyl adjacent to an activating group) is 1. The lowest BCUT2D eigenvalue weighted by atomic mass is 10.0. The van der Waals surface area contributed by atoms with Crippen LogP contribution in [-0.4, -0.2) is 73.8 Å². The molecule has 9 nitrogen and oxygen atoms in total. The lowest BCUT2D eigenvalue weighted by Gasteiger charge is -2.30. The number of H-pyrrole nitrogens is 1. The van der Waals surface area contributed by atoms with Gasteiger partial charge in [0.1, 0.15) is 11.3 Å². The van der Waals surface area contributed by atoms with Crippen LogP contribution in [0.5, 0.6) is 0 Å². The Balaban J connectivity index is 2.06. The fourth-order valence-corrected chi connectivity index (χ4v) is 3.31. The molecule has 2 amide bonds. The molecule has 0 unspecified atom stereocenters. The molecule has 1 aliphatic rings. The van der Waals surface area contributed by atoms with Gasteiger partial charge in [0.2, 0.25) is 0 Å². The zero-order chi connectivity index (χ0) is 22.0. The van der Waals surface area contributed by atoms with Gasteiger partial charge in [0, 0.05) is 31.9 Å². The molecule has 0 radical (unpaired) electrons. The molecule has 0 fully saturated rings. The zero-order valence-electron chi connectivity index (χ0n) is 17.6. The first-order valence-electron chi connectivity index (χ1n) is 9.20. The average molecular weight is 428 g/mol. The lowest BCUT2D eigenvalue weighted by Crippen LogP contribution is -2.40. The molecule has 1 aliphatic heterocycles. The van der Waals surface area contributed by atoms with Crippen LogP contribution in [0.25, 0.3) is 0 Å². The van der Waals surface area contributed by atoms with Gasteiger partial charge in [0.25, 0.3) is 16.0 Å². The summed E-state index contributed by atoms with van der Waals surface area (Å²) in [6.07, 6.45) is 2.94. The SMILES string of the molecule is C=C(COS(C)(=O)=O)CN(C)C(=O)c1[nH]cc2c1CN(C(=O)OC(C)(C)C)CC2. The maximum atomic E-state index is 12.9. The number of ether oxygens (including phenoxy) is 1. The third kappa shape index (κ3) is 6.60. The van der Waals surface area contributed by atoms with E-state index in [0.29, 0.717) is 24.2 Å². The van der Waals surface area contributed by atoms with E-state index in [2.05, 4.69) is 11.6 Å². The van der Waals surface area contributed by atoms with Gasteiger partial charge < -0.3 is 19.5 Å². The van der Waals surface area contributed by atoms with Gasteiger partial charge in [0.05, 0.1) is 19.4 Å². The predicted molar refractivity (Wildman–Crippen MR) is 108 cm³/mol. The molecule has 0 atom stereocenters. The van der Waals surface area contributed by atoms with Crippen molar-refractivity contribution in [3.05, 3.63) is 35.2 Å². The van der Waals surface area contributed by atoms with Gasteiger partial charge in [-0.2, -0.15) is 8.42 Å². The minimum absolute atomic E-state index is 0.137. The van der Waals surface area contributed by atoms with E-state index in [4.69, 9.17) is 8.92 Å². The van der Waals surface area contributed by atoms with Crippen molar-refractivity contribution in [1.82, 2.24) is 14.8 Å². The highest BCUT2D eigenvalue weighted by atomic mass is 32.2. The number of aromatic amines is 1. The number of hydrogen-bond donors (Lipinski definition) is 1. The summed E-state index contributed by atoms with van der Waals surface area (Å²) in [5.41, 5.74) is 2.00. The molecule has 162 valence electrons. The largest absolute Gasteiger partial charge is 0.444 e. The number of amides is 2. The van der Waals surface area contributed by atoms with E-state index in [-0.39, 0.29) is 25.6 Å². The molecule has 1 aromatic heterocycles. The van der Waals surface area contributed by atoms with E-state index in [1.165, 1.54) is 4.90 Å². The minimum Gasteiger partial charge on any atom is -0.444 e. The van der Waals surface area contributed by atoms with Crippen LogP contribution < -0.4 is 0 Å². The maximum Gasteiger partial charge on any atom is 0.410 e. The van der Waals surface area contributed by atoms with Gasteiger partial charge in [-0.05, 0) is 38.3 Å². The monoisotopic (exact) mass is 427 g/mol. The van der Waals surface area contributed by atoms with Gasteiger partial charge in [0.15, 0.2) is 0 Å². The Hall–Kier alpha value is -2.33. The van der Waals surface area contributed by atoms with Crippen LogP contribution >= 0.6 is 0 Å². The van der Waals surface area contributed by atoms with E-state index in [9.17, 15) is 18.0 Å². The second-order valence-corrected chi connectivity index (χ2v) is 9.84. The molecule has 0 saturated heterocycles. The van der Waals surface area contributed by atoms with Crippen molar-refractivity contribution in [3.8, 4) is 0 Å². The third-order valence-electron chi connectivity index (χ3n) is 4.23. The maximum absolute atomic E-state index is 12.9. The molecule has 2 rings (SSSR count). The molecular weight excluding hydrogens is 398 g/mol. The average Bonchev–Trinajstić information content (AvgIpc) is 3.00. The normalized spacial score (nSPS) is 14.3. The van der Waals surface area contributed by atoms with E-state index in [1.807, 2.05) is 0 Å². The quantitative estimate of drug-likeness (QED) is 0.549. The summed E-state index contributed by atoms with van der Waals surface area (Å²) < 4.78 is 32.3. The summed E-state index contributed by atoms with van der Waals surface area (Å²) in [6.45, 7) is 9.92. The van der Waals surface area contributed by atoms with E-state index in [0.717, 1.165) is 17.4 Å². The van der Waals surface area contributed by atoms with Crippen LogP contribution in [0.15, 0.2) is 18.3 Å².